The van der Waals surface area contributed by atoms with Gasteiger partial charge in [0.05, 0.1) is 32.6 Å². The Morgan fingerprint density at radius 3 is 1.15 bits per heavy atom. The predicted molar refractivity (Wildman–Crippen MR) is 168 cm³/mol. The van der Waals surface area contributed by atoms with Gasteiger partial charge in [-0.25, -0.2) is 4.98 Å². The van der Waals surface area contributed by atoms with Crippen LogP contribution in [0.3, 0.4) is 0 Å². The van der Waals surface area contributed by atoms with Crippen molar-refractivity contribution in [2.45, 2.75) is 9.79 Å². The van der Waals surface area contributed by atoms with Crippen LogP contribution >= 0.6 is 0 Å². The van der Waals surface area contributed by atoms with Crippen molar-refractivity contribution < 1.29 is 95.3 Å². The second kappa shape index (κ2) is 13.4. The zero-order valence-corrected chi connectivity index (χ0v) is 30.9. The number of H-pyrrole nitrogens is 2. The van der Waals surface area contributed by atoms with E-state index in [0.29, 0.717) is 44.7 Å². The predicted octanol–water partition coefficient (Wildman–Crippen LogP) is -1.36. The Morgan fingerprint density at radius 2 is 0.792 bits per heavy atom. The Labute approximate surface area is 318 Å². The zero-order chi connectivity index (χ0) is 32.4. The molecule has 5 heterocycles. The standard InChI is InChI=1S/C32H22N4O8S2.2Na/c37-31-25-13-11-23(34-25)29(17-1-5-19(6-2-17)45(39,40)41)21-9-10-22(33-21)30(18-3-7-20(8-4-18)46(42,43)44)24-12-14-26(35-24)32(38)28-16-15-27(31)36-28;;/h1-16,34-35,37-38H,(H,39,40,41)(H,42,43,44);;/q;2*+1/p-2. The van der Waals surface area contributed by atoms with Crippen molar-refractivity contribution in [2.24, 2.45) is 0 Å². The van der Waals surface area contributed by atoms with Gasteiger partial charge in [0.1, 0.15) is 0 Å². The third-order valence-electron chi connectivity index (χ3n) is 7.54. The van der Waals surface area contributed by atoms with Crippen LogP contribution in [0.5, 0.6) is 11.5 Å². The van der Waals surface area contributed by atoms with E-state index in [9.17, 15) is 36.2 Å². The van der Waals surface area contributed by atoms with Crippen LogP contribution in [0.2, 0.25) is 0 Å². The van der Waals surface area contributed by atoms with Crippen LogP contribution in [0, 0.1) is 0 Å². The number of benzene rings is 2. The minimum atomic E-state index is -4.45. The van der Waals surface area contributed by atoms with Gasteiger partial charge in [-0.05, 0) is 84.0 Å². The Balaban J connectivity index is 0.00000225. The van der Waals surface area contributed by atoms with Crippen molar-refractivity contribution in [3.05, 3.63) is 95.6 Å². The van der Waals surface area contributed by atoms with Crippen LogP contribution in [0.1, 0.15) is 22.8 Å². The monoisotopic (exact) mass is 698 g/mol. The summed E-state index contributed by atoms with van der Waals surface area (Å²) in [5, 5.41) is 26.7. The van der Waals surface area contributed by atoms with Crippen molar-refractivity contribution in [3.63, 3.8) is 0 Å². The first-order chi connectivity index (χ1) is 21.9. The molecule has 0 amide bonds. The fraction of sp³-hybridized carbons (Fsp3) is 0. The van der Waals surface area contributed by atoms with Gasteiger partial charge in [0.15, 0.2) is 0 Å². The number of aromatic nitrogens is 4. The number of nitrogens with one attached hydrogen (secondary N) is 2. The van der Waals surface area contributed by atoms with Crippen LogP contribution in [0.4, 0.5) is 0 Å². The molecule has 0 saturated heterocycles. The van der Waals surface area contributed by atoms with E-state index in [1.807, 2.05) is 0 Å². The number of aromatic amines is 2. The van der Waals surface area contributed by atoms with E-state index in [-0.39, 0.29) is 91.3 Å². The van der Waals surface area contributed by atoms with Crippen LogP contribution in [-0.2, 0) is 20.2 Å². The number of hydrogen-bond donors (Lipinski definition) is 4. The van der Waals surface area contributed by atoms with E-state index in [1.165, 1.54) is 60.7 Å². The smallest absolute Gasteiger partial charge is 0.870 e. The van der Waals surface area contributed by atoms with Gasteiger partial charge in [-0.2, -0.15) is 16.8 Å². The van der Waals surface area contributed by atoms with Gasteiger partial charge in [0.25, 0.3) is 20.2 Å². The number of nitrogens with zero attached hydrogens (tertiary/aromatic N) is 2. The van der Waals surface area contributed by atoms with E-state index in [1.54, 1.807) is 36.4 Å². The second-order valence-corrected chi connectivity index (χ2v) is 13.3. The van der Waals surface area contributed by atoms with E-state index in [4.69, 9.17) is 4.98 Å². The zero-order valence-electron chi connectivity index (χ0n) is 25.3. The average Bonchev–Trinajstić information content (AvgIpc) is 3.84. The summed E-state index contributed by atoms with van der Waals surface area (Å²) in [6.07, 6.45) is 6.34. The van der Waals surface area contributed by atoms with E-state index in [0.717, 1.165) is 0 Å². The molecule has 12 nitrogen and oxygen atoms in total. The molecule has 0 saturated carbocycles. The van der Waals surface area contributed by atoms with Crippen molar-refractivity contribution in [2.75, 3.05) is 0 Å². The number of hydrogen-bond acceptors (Lipinski definition) is 8. The first-order valence-electron chi connectivity index (χ1n) is 13.5. The molecule has 0 aliphatic carbocycles. The molecule has 3 aromatic heterocycles. The fourth-order valence-corrected chi connectivity index (χ4v) is 6.31. The molecule has 16 heteroatoms. The number of fused-ring (bicyclic) bond motifs is 8. The summed E-state index contributed by atoms with van der Waals surface area (Å²) in [5.41, 5.74) is 4.27. The molecule has 0 radical (unpaired) electrons. The summed E-state index contributed by atoms with van der Waals surface area (Å²) in [6.45, 7) is 0. The van der Waals surface area contributed by atoms with Gasteiger partial charge in [0.2, 0.25) is 0 Å². The average molecular weight is 699 g/mol. The van der Waals surface area contributed by atoms with Gasteiger partial charge in [-0.1, -0.05) is 35.8 Å². The summed E-state index contributed by atoms with van der Waals surface area (Å²) in [5.74, 6) is -0.906. The molecule has 0 fully saturated rings. The van der Waals surface area contributed by atoms with Crippen molar-refractivity contribution in [3.8, 4) is 33.8 Å². The fourth-order valence-electron chi connectivity index (χ4n) is 5.35. The molecule has 8 bridgehead atoms. The maximum Gasteiger partial charge on any atom is 1.00 e. The first kappa shape index (κ1) is 35.8. The van der Waals surface area contributed by atoms with Gasteiger partial charge < -0.3 is 20.2 Å². The van der Waals surface area contributed by atoms with Crippen LogP contribution < -0.4 is 69.3 Å². The van der Waals surface area contributed by atoms with Gasteiger partial charge in [0, 0.05) is 33.2 Å². The van der Waals surface area contributed by atoms with Gasteiger partial charge >= 0.3 is 59.1 Å². The van der Waals surface area contributed by atoms with Crippen molar-refractivity contribution in [1.29, 1.82) is 0 Å². The summed E-state index contributed by atoms with van der Waals surface area (Å²) >= 11 is 0. The Bertz CT molecular complexity index is 2370. The van der Waals surface area contributed by atoms with E-state index in [2.05, 4.69) is 15.0 Å². The molecule has 230 valence electrons. The second-order valence-electron chi connectivity index (χ2n) is 10.4. The Morgan fingerprint density at radius 1 is 0.479 bits per heavy atom. The Kier molecular flexibility index (Phi) is 9.98. The topological polar surface area (TPSA) is 212 Å². The summed E-state index contributed by atoms with van der Waals surface area (Å²) < 4.78 is 65.8. The van der Waals surface area contributed by atoms with Crippen molar-refractivity contribution >= 4 is 66.6 Å². The molecule has 2 aromatic carbocycles. The number of rotatable bonds is 4. The third-order valence-corrected chi connectivity index (χ3v) is 9.27. The minimum absolute atomic E-state index is 0. The van der Waals surface area contributed by atoms with Crippen LogP contribution in [0.15, 0.2) is 82.6 Å². The van der Waals surface area contributed by atoms with Crippen LogP contribution in [0.25, 0.3) is 68.6 Å². The molecule has 2 aliphatic rings. The van der Waals surface area contributed by atoms with Gasteiger partial charge in [-0.15, -0.1) is 0 Å². The molecule has 48 heavy (non-hydrogen) atoms. The maximum atomic E-state index is 13.3. The van der Waals surface area contributed by atoms with Crippen LogP contribution in [-0.4, -0.2) is 45.9 Å². The molecule has 2 aliphatic heterocycles. The summed E-state index contributed by atoms with van der Waals surface area (Å²) in [4.78, 5) is 14.7. The molecule has 4 N–H and O–H groups in total. The molecular formula is C32H20N4Na2O8S2. The minimum Gasteiger partial charge on any atom is -0.870 e. The Hall–Kier alpha value is -3.54. The summed E-state index contributed by atoms with van der Waals surface area (Å²) in [6, 6.07) is 17.4. The molecule has 0 unspecified atom stereocenters. The first-order valence-corrected chi connectivity index (χ1v) is 16.4. The third kappa shape index (κ3) is 6.69. The van der Waals surface area contributed by atoms with Crippen molar-refractivity contribution in [1.82, 2.24) is 19.9 Å². The normalized spacial score (nSPS) is 12.4. The molecule has 0 atom stereocenters. The quantitative estimate of drug-likeness (QED) is 0.125. The molecule has 0 spiro atoms. The summed E-state index contributed by atoms with van der Waals surface area (Å²) in [7, 11) is -8.91. The molecule has 5 aromatic rings. The SMILES string of the molecule is O=S(=O)(O)c1ccc(-c2c3nc(c(-c4ccc(S(=O)(=O)O)cc4)c4ccc([nH]4)c([O-])c4nc(c([O-])c5ccc2[nH]5)C=C4)C=C3)cc1.[Na+].[Na+]. The van der Waals surface area contributed by atoms with Gasteiger partial charge in [-0.3, -0.25) is 14.1 Å². The van der Waals surface area contributed by atoms with E-state index >= 15 is 0 Å². The molecule has 7 rings (SSSR count). The van der Waals surface area contributed by atoms with E-state index < -0.39 is 31.7 Å². The largest absolute Gasteiger partial charge is 1.00 e. The maximum absolute atomic E-state index is 13.3. The molecular weight excluding hydrogens is 678 g/mol.